The van der Waals surface area contributed by atoms with Gasteiger partial charge in [0.15, 0.2) is 9.84 Å². The number of nitrogens with zero attached hydrogens (tertiary/aromatic N) is 1. The zero-order chi connectivity index (χ0) is 12.6. The van der Waals surface area contributed by atoms with Crippen molar-refractivity contribution in [2.45, 2.75) is 11.4 Å². The van der Waals surface area contributed by atoms with Crippen LogP contribution in [0.25, 0.3) is 10.9 Å². The number of fused-ring (bicyclic) bond motifs is 1. The molecule has 0 aliphatic rings. The van der Waals surface area contributed by atoms with E-state index < -0.39 is 9.84 Å². The second-order valence-electron chi connectivity index (χ2n) is 4.19. The highest BCUT2D eigenvalue weighted by atomic mass is 32.2. The second-order valence-corrected chi connectivity index (χ2v) is 6.17. The van der Waals surface area contributed by atoms with Crippen LogP contribution in [-0.4, -0.2) is 26.3 Å². The van der Waals surface area contributed by atoms with Crippen LogP contribution in [0.2, 0.25) is 0 Å². The van der Waals surface area contributed by atoms with Crippen LogP contribution in [0.15, 0.2) is 29.2 Å². The van der Waals surface area contributed by atoms with Crippen molar-refractivity contribution >= 4 is 20.7 Å². The first kappa shape index (κ1) is 12.1. The average Bonchev–Trinajstić information content (AvgIpc) is 2.55. The molecule has 0 saturated carbocycles. The van der Waals surface area contributed by atoms with Crippen molar-refractivity contribution in [3.63, 3.8) is 0 Å². The topological polar surface area (TPSA) is 51.1 Å². The molecule has 92 valence electrons. The molecule has 0 radical (unpaired) electrons. The molecule has 5 heteroatoms. The van der Waals surface area contributed by atoms with Crippen molar-refractivity contribution in [1.29, 1.82) is 0 Å². The third kappa shape index (κ3) is 2.08. The smallest absolute Gasteiger partial charge is 0.176 e. The lowest BCUT2D eigenvalue weighted by atomic mass is 10.2. The van der Waals surface area contributed by atoms with Gasteiger partial charge in [-0.2, -0.15) is 0 Å². The first-order valence-corrected chi connectivity index (χ1v) is 7.26. The second kappa shape index (κ2) is 4.16. The number of benzene rings is 1. The van der Waals surface area contributed by atoms with Gasteiger partial charge in [-0.15, -0.1) is 0 Å². The minimum Gasteiger partial charge on any atom is -0.346 e. The van der Waals surface area contributed by atoms with Gasteiger partial charge in [0.05, 0.1) is 4.90 Å². The number of aryl methyl sites for hydroxylation is 1. The Kier molecular flexibility index (Phi) is 2.97. The molecule has 17 heavy (non-hydrogen) atoms. The van der Waals surface area contributed by atoms with E-state index in [0.29, 0.717) is 11.4 Å². The normalized spacial score (nSPS) is 12.2. The number of nitrogens with one attached hydrogen (secondary N) is 1. The van der Waals surface area contributed by atoms with Crippen molar-refractivity contribution in [2.75, 3.05) is 13.3 Å². The minimum absolute atomic E-state index is 0.396. The fourth-order valence-electron chi connectivity index (χ4n) is 2.06. The number of sulfone groups is 1. The van der Waals surface area contributed by atoms with Crippen LogP contribution in [0.5, 0.6) is 0 Å². The van der Waals surface area contributed by atoms with Crippen LogP contribution in [0.4, 0.5) is 0 Å². The molecule has 0 aliphatic carbocycles. The quantitative estimate of drug-likeness (QED) is 0.896. The maximum absolute atomic E-state index is 11.7. The van der Waals surface area contributed by atoms with Crippen molar-refractivity contribution in [1.82, 2.24) is 9.88 Å². The summed E-state index contributed by atoms with van der Waals surface area (Å²) in [4.78, 5) is 0.396. The first-order chi connectivity index (χ1) is 7.95. The van der Waals surface area contributed by atoms with Gasteiger partial charge in [0.25, 0.3) is 0 Å². The molecule has 0 atom stereocenters. The Morgan fingerprint density at radius 2 is 2.06 bits per heavy atom. The van der Waals surface area contributed by atoms with E-state index in [2.05, 4.69) is 5.32 Å². The van der Waals surface area contributed by atoms with Gasteiger partial charge in [0.1, 0.15) is 0 Å². The molecule has 0 unspecified atom stereocenters. The predicted molar refractivity (Wildman–Crippen MR) is 68.8 cm³/mol. The summed E-state index contributed by atoms with van der Waals surface area (Å²) in [5.74, 6) is 0. The van der Waals surface area contributed by atoms with Crippen LogP contribution >= 0.6 is 0 Å². The predicted octanol–water partition coefficient (Wildman–Crippen LogP) is 1.30. The number of hydrogen-bond donors (Lipinski definition) is 1. The third-order valence-corrected chi connectivity index (χ3v) is 4.06. The average molecular weight is 252 g/mol. The van der Waals surface area contributed by atoms with Crippen molar-refractivity contribution in [3.8, 4) is 0 Å². The molecular formula is C12H16N2O2S. The molecule has 0 aliphatic heterocycles. The molecule has 2 rings (SSSR count). The fourth-order valence-corrected chi connectivity index (χ4v) is 2.95. The van der Waals surface area contributed by atoms with Crippen LogP contribution in [0.3, 0.4) is 0 Å². The number of aromatic nitrogens is 1. The summed E-state index contributed by atoms with van der Waals surface area (Å²) in [5.41, 5.74) is 2.01. The van der Waals surface area contributed by atoms with Crippen molar-refractivity contribution in [2.24, 2.45) is 7.05 Å². The van der Waals surface area contributed by atoms with Gasteiger partial charge in [-0.25, -0.2) is 8.42 Å². The van der Waals surface area contributed by atoms with Crippen LogP contribution in [0, 0.1) is 0 Å². The van der Waals surface area contributed by atoms with Gasteiger partial charge in [0.2, 0.25) is 0 Å². The SMILES string of the molecule is CNCc1cc2c(S(C)(=O)=O)cccc2n1C. The molecule has 0 saturated heterocycles. The molecule has 2 aromatic rings. The summed E-state index contributed by atoms with van der Waals surface area (Å²) >= 11 is 0. The molecule has 4 nitrogen and oxygen atoms in total. The van der Waals surface area contributed by atoms with E-state index in [1.807, 2.05) is 30.8 Å². The van der Waals surface area contributed by atoms with Crippen LogP contribution < -0.4 is 5.32 Å². The van der Waals surface area contributed by atoms with E-state index in [9.17, 15) is 8.42 Å². The first-order valence-electron chi connectivity index (χ1n) is 5.37. The summed E-state index contributed by atoms with van der Waals surface area (Å²) in [6.07, 6.45) is 1.24. The Hall–Kier alpha value is -1.33. The van der Waals surface area contributed by atoms with Gasteiger partial charge < -0.3 is 9.88 Å². The van der Waals surface area contributed by atoms with Gasteiger partial charge >= 0.3 is 0 Å². The zero-order valence-electron chi connectivity index (χ0n) is 10.2. The van der Waals surface area contributed by atoms with Crippen LogP contribution in [-0.2, 0) is 23.4 Å². The third-order valence-electron chi connectivity index (χ3n) is 2.90. The highest BCUT2D eigenvalue weighted by molar-refractivity contribution is 7.91. The van der Waals surface area contributed by atoms with E-state index in [-0.39, 0.29) is 0 Å². The Morgan fingerprint density at radius 1 is 1.35 bits per heavy atom. The van der Waals surface area contributed by atoms with E-state index in [1.165, 1.54) is 6.26 Å². The Balaban J connectivity index is 2.78. The molecule has 1 aromatic carbocycles. The van der Waals surface area contributed by atoms with E-state index >= 15 is 0 Å². The standard InChI is InChI=1S/C12H16N2O2S/c1-13-8-9-7-10-11(14(9)2)5-4-6-12(10)17(3,15)16/h4-7,13H,8H2,1-3H3. The molecular weight excluding hydrogens is 236 g/mol. The van der Waals surface area contributed by atoms with E-state index in [1.54, 1.807) is 12.1 Å². The fraction of sp³-hybridized carbons (Fsp3) is 0.333. The van der Waals surface area contributed by atoms with Crippen molar-refractivity contribution in [3.05, 3.63) is 30.0 Å². The highest BCUT2D eigenvalue weighted by Crippen LogP contribution is 2.25. The summed E-state index contributed by atoms with van der Waals surface area (Å²) in [5, 5.41) is 3.87. The van der Waals surface area contributed by atoms with E-state index in [4.69, 9.17) is 0 Å². The lowest BCUT2D eigenvalue weighted by molar-refractivity contribution is 0.602. The summed E-state index contributed by atoms with van der Waals surface area (Å²) in [6, 6.07) is 7.30. The Bertz CT molecular complexity index is 656. The largest absolute Gasteiger partial charge is 0.346 e. The summed E-state index contributed by atoms with van der Waals surface area (Å²) < 4.78 is 25.4. The minimum atomic E-state index is -3.18. The Morgan fingerprint density at radius 3 is 2.65 bits per heavy atom. The molecule has 1 aromatic heterocycles. The van der Waals surface area contributed by atoms with Gasteiger partial charge in [-0.1, -0.05) is 6.07 Å². The molecule has 0 amide bonds. The van der Waals surface area contributed by atoms with Gasteiger partial charge in [0, 0.05) is 36.4 Å². The highest BCUT2D eigenvalue weighted by Gasteiger charge is 2.15. The molecule has 1 N–H and O–H groups in total. The van der Waals surface area contributed by atoms with Crippen molar-refractivity contribution < 1.29 is 8.42 Å². The maximum atomic E-state index is 11.7. The molecule has 0 fully saturated rings. The summed E-state index contributed by atoms with van der Waals surface area (Å²) in [6.45, 7) is 0.717. The zero-order valence-corrected chi connectivity index (χ0v) is 11.0. The lowest BCUT2D eigenvalue weighted by Crippen LogP contribution is -2.08. The molecule has 1 heterocycles. The van der Waals surface area contributed by atoms with Crippen LogP contribution in [0.1, 0.15) is 5.69 Å². The monoisotopic (exact) mass is 252 g/mol. The molecule has 0 bridgehead atoms. The maximum Gasteiger partial charge on any atom is 0.176 e. The number of rotatable bonds is 3. The Labute approximate surface area is 101 Å². The lowest BCUT2D eigenvalue weighted by Gasteiger charge is -2.03. The van der Waals surface area contributed by atoms with Gasteiger partial charge in [-0.3, -0.25) is 0 Å². The summed E-state index contributed by atoms with van der Waals surface area (Å²) in [7, 11) is 0.634. The molecule has 0 spiro atoms. The number of hydrogen-bond acceptors (Lipinski definition) is 3. The van der Waals surface area contributed by atoms with Gasteiger partial charge in [-0.05, 0) is 25.2 Å². The van der Waals surface area contributed by atoms with E-state index in [0.717, 1.165) is 16.6 Å².